The van der Waals surface area contributed by atoms with Gasteiger partial charge in [0.15, 0.2) is 5.82 Å². The Labute approximate surface area is 177 Å². The highest BCUT2D eigenvalue weighted by Crippen LogP contribution is 2.35. The number of anilines is 1. The Morgan fingerprint density at radius 1 is 1.17 bits per heavy atom. The van der Waals surface area contributed by atoms with Gasteiger partial charge in [0.05, 0.1) is 39.7 Å². The van der Waals surface area contributed by atoms with E-state index < -0.39 is 5.91 Å². The fourth-order valence-electron chi connectivity index (χ4n) is 3.68. The monoisotopic (exact) mass is 419 g/mol. The predicted molar refractivity (Wildman–Crippen MR) is 118 cm³/mol. The molecule has 30 heavy (non-hydrogen) atoms. The molecule has 1 saturated heterocycles. The third-order valence-corrected chi connectivity index (χ3v) is 6.34. The SMILES string of the molecule is Cc1cccc(-c2ccn(-c3cc(N4CCOCC4)c4sc(C(N)=O)cc4n3)n2)c1. The summed E-state index contributed by atoms with van der Waals surface area (Å²) in [4.78, 5) is 19.3. The number of aryl methyl sites for hydroxylation is 1. The molecular weight excluding hydrogens is 398 g/mol. The number of primary amides is 1. The number of benzene rings is 1. The number of aromatic nitrogens is 3. The second-order valence-electron chi connectivity index (χ2n) is 7.30. The van der Waals surface area contributed by atoms with Crippen LogP contribution in [0.2, 0.25) is 0 Å². The van der Waals surface area contributed by atoms with Gasteiger partial charge in [0.2, 0.25) is 0 Å². The van der Waals surface area contributed by atoms with Crippen LogP contribution in [0.25, 0.3) is 27.3 Å². The Balaban J connectivity index is 1.61. The fourth-order valence-corrected chi connectivity index (χ4v) is 4.67. The third kappa shape index (κ3) is 3.44. The van der Waals surface area contributed by atoms with E-state index in [1.165, 1.54) is 16.9 Å². The lowest BCUT2D eigenvalue weighted by Crippen LogP contribution is -2.36. The molecule has 0 atom stereocenters. The second kappa shape index (κ2) is 7.55. The first-order valence-corrected chi connectivity index (χ1v) is 10.6. The van der Waals surface area contributed by atoms with Crippen LogP contribution in [-0.4, -0.2) is 47.0 Å². The number of carbonyl (C=O) groups excluding carboxylic acids is 1. The van der Waals surface area contributed by atoms with Crippen molar-refractivity contribution in [3.05, 3.63) is 59.1 Å². The molecule has 0 bridgehead atoms. The molecule has 0 aliphatic carbocycles. The quantitative estimate of drug-likeness (QED) is 0.548. The maximum Gasteiger partial charge on any atom is 0.258 e. The largest absolute Gasteiger partial charge is 0.378 e. The van der Waals surface area contributed by atoms with Crippen LogP contribution in [0.15, 0.2) is 48.7 Å². The van der Waals surface area contributed by atoms with Crippen LogP contribution >= 0.6 is 11.3 Å². The minimum absolute atomic E-state index is 0.437. The van der Waals surface area contributed by atoms with Crippen molar-refractivity contribution in [3.63, 3.8) is 0 Å². The average molecular weight is 420 g/mol. The zero-order chi connectivity index (χ0) is 20.7. The van der Waals surface area contributed by atoms with Gasteiger partial charge in [-0.1, -0.05) is 23.8 Å². The molecule has 2 N–H and O–H groups in total. The number of fused-ring (bicyclic) bond motifs is 1. The molecule has 7 nitrogen and oxygen atoms in total. The van der Waals surface area contributed by atoms with Crippen LogP contribution in [0.5, 0.6) is 0 Å². The summed E-state index contributed by atoms with van der Waals surface area (Å²) in [5.41, 5.74) is 10.4. The van der Waals surface area contributed by atoms with E-state index in [2.05, 4.69) is 24.0 Å². The number of rotatable bonds is 4. The summed E-state index contributed by atoms with van der Waals surface area (Å²) < 4.78 is 8.25. The van der Waals surface area contributed by atoms with Gasteiger partial charge in [-0.05, 0) is 25.1 Å². The van der Waals surface area contributed by atoms with Crippen molar-refractivity contribution in [2.75, 3.05) is 31.2 Å². The molecule has 3 aromatic heterocycles. The van der Waals surface area contributed by atoms with Gasteiger partial charge in [-0.25, -0.2) is 9.67 Å². The van der Waals surface area contributed by atoms with Gasteiger partial charge in [-0.3, -0.25) is 4.79 Å². The summed E-state index contributed by atoms with van der Waals surface area (Å²) in [6, 6.07) is 14.0. The molecule has 1 amide bonds. The molecule has 4 aromatic rings. The van der Waals surface area contributed by atoms with Crippen LogP contribution in [0, 0.1) is 6.92 Å². The van der Waals surface area contributed by atoms with E-state index in [1.807, 2.05) is 30.5 Å². The smallest absolute Gasteiger partial charge is 0.258 e. The summed E-state index contributed by atoms with van der Waals surface area (Å²) in [6.45, 7) is 4.99. The number of carbonyl (C=O) groups is 1. The molecule has 1 aliphatic rings. The zero-order valence-electron chi connectivity index (χ0n) is 16.5. The standard InChI is InChI=1S/C22H21N5O2S/c1-14-3-2-4-15(11-14)16-5-6-27(25-16)20-13-18(26-7-9-29-10-8-26)21-17(24-20)12-19(30-21)22(23)28/h2-6,11-13H,7-10H2,1H3,(H2,23,28). The van der Waals surface area contributed by atoms with Gasteiger partial charge in [0.1, 0.15) is 0 Å². The Kier molecular flexibility index (Phi) is 4.72. The van der Waals surface area contributed by atoms with E-state index in [-0.39, 0.29) is 0 Å². The number of pyridine rings is 1. The van der Waals surface area contributed by atoms with Crippen molar-refractivity contribution >= 4 is 33.1 Å². The van der Waals surface area contributed by atoms with E-state index in [9.17, 15) is 4.79 Å². The fraction of sp³-hybridized carbons (Fsp3) is 0.227. The van der Waals surface area contributed by atoms with Crippen molar-refractivity contribution in [2.24, 2.45) is 5.73 Å². The summed E-state index contributed by atoms with van der Waals surface area (Å²) in [5.74, 6) is 0.269. The summed E-state index contributed by atoms with van der Waals surface area (Å²) in [5, 5.41) is 4.75. The van der Waals surface area contributed by atoms with Crippen LogP contribution in [0.1, 0.15) is 15.2 Å². The third-order valence-electron chi connectivity index (χ3n) is 5.18. The van der Waals surface area contributed by atoms with E-state index in [0.29, 0.717) is 23.9 Å². The highest BCUT2D eigenvalue weighted by atomic mass is 32.1. The van der Waals surface area contributed by atoms with Gasteiger partial charge in [0.25, 0.3) is 5.91 Å². The topological polar surface area (TPSA) is 86.3 Å². The summed E-state index contributed by atoms with van der Waals surface area (Å²) in [6.07, 6.45) is 1.91. The number of nitrogens with two attached hydrogens (primary N) is 1. The number of hydrogen-bond acceptors (Lipinski definition) is 6. The number of hydrogen-bond donors (Lipinski definition) is 1. The number of ether oxygens (including phenoxy) is 1. The molecule has 5 rings (SSSR count). The van der Waals surface area contributed by atoms with Gasteiger partial charge in [-0.2, -0.15) is 5.10 Å². The van der Waals surface area contributed by atoms with E-state index in [0.717, 1.165) is 40.3 Å². The molecule has 4 heterocycles. The molecule has 8 heteroatoms. The first-order valence-electron chi connectivity index (χ1n) is 9.79. The Morgan fingerprint density at radius 2 is 2.00 bits per heavy atom. The Morgan fingerprint density at radius 3 is 2.77 bits per heavy atom. The minimum Gasteiger partial charge on any atom is -0.378 e. The molecule has 0 unspecified atom stereocenters. The van der Waals surface area contributed by atoms with Crippen LogP contribution in [-0.2, 0) is 4.74 Å². The molecular formula is C22H21N5O2S. The van der Waals surface area contributed by atoms with Gasteiger partial charge in [0, 0.05) is 30.9 Å². The molecule has 0 spiro atoms. The Bertz CT molecular complexity index is 1240. The van der Waals surface area contributed by atoms with Crippen LogP contribution < -0.4 is 10.6 Å². The first-order chi connectivity index (χ1) is 14.6. The summed E-state index contributed by atoms with van der Waals surface area (Å²) >= 11 is 1.38. The number of amides is 1. The molecule has 152 valence electrons. The van der Waals surface area contributed by atoms with Crippen molar-refractivity contribution in [1.82, 2.24) is 14.8 Å². The lowest BCUT2D eigenvalue weighted by atomic mass is 10.1. The minimum atomic E-state index is -0.437. The Hall–Kier alpha value is -3.23. The summed E-state index contributed by atoms with van der Waals surface area (Å²) in [7, 11) is 0. The van der Waals surface area contributed by atoms with Crippen LogP contribution in [0.3, 0.4) is 0 Å². The first kappa shape index (κ1) is 18.8. The maximum absolute atomic E-state index is 11.8. The molecule has 0 saturated carbocycles. The predicted octanol–water partition coefficient (Wildman–Crippen LogP) is 3.39. The van der Waals surface area contributed by atoms with Crippen molar-refractivity contribution in [2.45, 2.75) is 6.92 Å². The van der Waals surface area contributed by atoms with E-state index in [1.54, 1.807) is 10.7 Å². The van der Waals surface area contributed by atoms with E-state index in [4.69, 9.17) is 20.6 Å². The molecule has 1 aromatic carbocycles. The number of thiophene rings is 1. The average Bonchev–Trinajstić information content (AvgIpc) is 3.41. The second-order valence-corrected chi connectivity index (χ2v) is 8.36. The number of nitrogens with zero attached hydrogens (tertiary/aromatic N) is 4. The highest BCUT2D eigenvalue weighted by molar-refractivity contribution is 7.21. The van der Waals surface area contributed by atoms with Crippen molar-refractivity contribution < 1.29 is 9.53 Å². The van der Waals surface area contributed by atoms with E-state index >= 15 is 0 Å². The van der Waals surface area contributed by atoms with Crippen molar-refractivity contribution in [3.8, 4) is 17.1 Å². The zero-order valence-corrected chi connectivity index (χ0v) is 17.4. The van der Waals surface area contributed by atoms with Gasteiger partial charge < -0.3 is 15.4 Å². The lowest BCUT2D eigenvalue weighted by Gasteiger charge is -2.29. The number of morpholine rings is 1. The van der Waals surface area contributed by atoms with Gasteiger partial charge in [-0.15, -0.1) is 11.3 Å². The normalized spacial score (nSPS) is 14.4. The van der Waals surface area contributed by atoms with Crippen LogP contribution in [0.4, 0.5) is 5.69 Å². The highest BCUT2D eigenvalue weighted by Gasteiger charge is 2.20. The maximum atomic E-state index is 11.8. The molecule has 1 fully saturated rings. The lowest BCUT2D eigenvalue weighted by molar-refractivity contribution is 0.100. The van der Waals surface area contributed by atoms with Crippen molar-refractivity contribution in [1.29, 1.82) is 0 Å². The van der Waals surface area contributed by atoms with Gasteiger partial charge >= 0.3 is 0 Å². The molecule has 1 aliphatic heterocycles. The molecule has 0 radical (unpaired) electrons.